The SMILES string of the molecule is FC(F)(F)c1ccc(COc2ccc(/C=N/C3CCCCC3)cc2)cc1. The van der Waals surface area contributed by atoms with Crippen LogP contribution in [0.5, 0.6) is 5.75 Å². The van der Waals surface area contributed by atoms with E-state index in [4.69, 9.17) is 4.74 Å². The summed E-state index contributed by atoms with van der Waals surface area (Å²) in [6.07, 6.45) is 3.79. The van der Waals surface area contributed by atoms with Gasteiger partial charge in [-0.25, -0.2) is 0 Å². The molecule has 0 aliphatic heterocycles. The predicted octanol–water partition coefficient (Wildman–Crippen LogP) is 6.04. The summed E-state index contributed by atoms with van der Waals surface area (Å²) in [5, 5.41) is 0. The third-order valence-corrected chi connectivity index (χ3v) is 4.58. The van der Waals surface area contributed by atoms with Gasteiger partial charge in [-0.15, -0.1) is 0 Å². The molecule has 0 amide bonds. The van der Waals surface area contributed by atoms with Crippen molar-refractivity contribution in [2.75, 3.05) is 0 Å². The Morgan fingerprint density at radius 2 is 1.58 bits per heavy atom. The van der Waals surface area contributed by atoms with E-state index >= 15 is 0 Å². The van der Waals surface area contributed by atoms with Crippen LogP contribution in [0.25, 0.3) is 0 Å². The molecule has 2 aromatic rings. The third-order valence-electron chi connectivity index (χ3n) is 4.58. The van der Waals surface area contributed by atoms with E-state index in [2.05, 4.69) is 4.99 Å². The standard InChI is InChI=1S/C21H22F3NO/c22-21(23,24)18-10-6-17(7-11-18)15-26-20-12-8-16(9-13-20)14-25-19-4-2-1-3-5-19/h6-14,19H,1-5,15H2/b25-14+. The first kappa shape index (κ1) is 18.5. The number of aliphatic imine (C=N–C) groups is 1. The van der Waals surface area contributed by atoms with Gasteiger partial charge in [0.25, 0.3) is 0 Å². The molecule has 5 heteroatoms. The molecule has 0 heterocycles. The second-order valence-corrected chi connectivity index (χ2v) is 6.62. The van der Waals surface area contributed by atoms with Crippen molar-refractivity contribution < 1.29 is 17.9 Å². The van der Waals surface area contributed by atoms with Gasteiger partial charge in [0, 0.05) is 12.3 Å². The van der Waals surface area contributed by atoms with Gasteiger partial charge >= 0.3 is 6.18 Å². The zero-order valence-electron chi connectivity index (χ0n) is 14.5. The summed E-state index contributed by atoms with van der Waals surface area (Å²) < 4.78 is 43.3. The first-order valence-electron chi connectivity index (χ1n) is 8.93. The summed E-state index contributed by atoms with van der Waals surface area (Å²) in [5.74, 6) is 0.680. The van der Waals surface area contributed by atoms with Gasteiger partial charge in [-0.05, 0) is 60.4 Å². The molecule has 3 rings (SSSR count). The third kappa shape index (κ3) is 5.35. The molecule has 2 aromatic carbocycles. The molecule has 138 valence electrons. The molecule has 26 heavy (non-hydrogen) atoms. The minimum absolute atomic E-state index is 0.230. The summed E-state index contributed by atoms with van der Waals surface area (Å²) >= 11 is 0. The molecule has 1 aliphatic carbocycles. The first-order valence-corrected chi connectivity index (χ1v) is 8.93. The molecule has 0 bridgehead atoms. The zero-order chi connectivity index (χ0) is 18.4. The smallest absolute Gasteiger partial charge is 0.416 e. The number of hydrogen-bond acceptors (Lipinski definition) is 2. The first-order chi connectivity index (χ1) is 12.5. The Bertz CT molecular complexity index is 714. The fourth-order valence-electron chi connectivity index (χ4n) is 3.03. The van der Waals surface area contributed by atoms with E-state index in [-0.39, 0.29) is 6.61 Å². The summed E-state index contributed by atoms with van der Waals surface area (Å²) in [6.45, 7) is 0.230. The van der Waals surface area contributed by atoms with Crippen molar-refractivity contribution in [2.24, 2.45) is 4.99 Å². The van der Waals surface area contributed by atoms with E-state index in [1.807, 2.05) is 30.5 Å². The van der Waals surface area contributed by atoms with Crippen LogP contribution in [0.1, 0.15) is 48.8 Å². The molecule has 0 saturated heterocycles. The maximum absolute atomic E-state index is 12.5. The molecule has 0 N–H and O–H groups in total. The average Bonchev–Trinajstić information content (AvgIpc) is 2.66. The van der Waals surface area contributed by atoms with Gasteiger partial charge in [0.15, 0.2) is 0 Å². The van der Waals surface area contributed by atoms with E-state index in [1.165, 1.54) is 44.2 Å². The number of benzene rings is 2. The van der Waals surface area contributed by atoms with Gasteiger partial charge in [-0.2, -0.15) is 13.2 Å². The molecule has 0 radical (unpaired) electrons. The Kier molecular flexibility index (Phi) is 5.96. The highest BCUT2D eigenvalue weighted by atomic mass is 19.4. The number of halogens is 3. The Balaban J connectivity index is 1.52. The lowest BCUT2D eigenvalue weighted by atomic mass is 9.96. The van der Waals surface area contributed by atoms with E-state index < -0.39 is 11.7 Å². The second kappa shape index (κ2) is 8.39. The highest BCUT2D eigenvalue weighted by Crippen LogP contribution is 2.29. The van der Waals surface area contributed by atoms with E-state index in [9.17, 15) is 13.2 Å². The Morgan fingerprint density at radius 1 is 0.923 bits per heavy atom. The quantitative estimate of drug-likeness (QED) is 0.595. The van der Waals surface area contributed by atoms with Crippen molar-refractivity contribution >= 4 is 6.21 Å². The van der Waals surface area contributed by atoms with Crippen LogP contribution < -0.4 is 4.74 Å². The van der Waals surface area contributed by atoms with E-state index in [0.717, 1.165) is 17.7 Å². The Morgan fingerprint density at radius 3 is 2.19 bits per heavy atom. The van der Waals surface area contributed by atoms with Crippen molar-refractivity contribution in [1.82, 2.24) is 0 Å². The van der Waals surface area contributed by atoms with Crippen LogP contribution in [0.2, 0.25) is 0 Å². The van der Waals surface area contributed by atoms with Crippen molar-refractivity contribution in [3.63, 3.8) is 0 Å². The predicted molar refractivity (Wildman–Crippen MR) is 96.7 cm³/mol. The minimum Gasteiger partial charge on any atom is -0.489 e. The summed E-state index contributed by atoms with van der Waals surface area (Å²) in [4.78, 5) is 4.65. The fraction of sp³-hybridized carbons (Fsp3) is 0.381. The number of hydrogen-bond donors (Lipinski definition) is 0. The fourth-order valence-corrected chi connectivity index (χ4v) is 3.03. The number of rotatable bonds is 5. The van der Waals surface area contributed by atoms with E-state index in [0.29, 0.717) is 17.4 Å². The highest BCUT2D eigenvalue weighted by Gasteiger charge is 2.29. The van der Waals surface area contributed by atoms with Gasteiger partial charge in [0.2, 0.25) is 0 Å². The molecule has 0 atom stereocenters. The molecule has 2 nitrogen and oxygen atoms in total. The van der Waals surface area contributed by atoms with Crippen LogP contribution in [0.15, 0.2) is 53.5 Å². The van der Waals surface area contributed by atoms with Crippen LogP contribution in [-0.4, -0.2) is 12.3 Å². The van der Waals surface area contributed by atoms with Gasteiger partial charge in [-0.3, -0.25) is 4.99 Å². The lowest BCUT2D eigenvalue weighted by Crippen LogP contribution is -2.09. The molecule has 1 aliphatic rings. The molecule has 1 saturated carbocycles. The highest BCUT2D eigenvalue weighted by molar-refractivity contribution is 5.79. The molecule has 0 spiro atoms. The molecular formula is C21H22F3NO. The lowest BCUT2D eigenvalue weighted by molar-refractivity contribution is -0.137. The number of ether oxygens (including phenoxy) is 1. The Labute approximate surface area is 151 Å². The second-order valence-electron chi connectivity index (χ2n) is 6.62. The minimum atomic E-state index is -4.31. The van der Waals surface area contributed by atoms with Crippen LogP contribution in [0.3, 0.4) is 0 Å². The van der Waals surface area contributed by atoms with Gasteiger partial charge in [0.1, 0.15) is 12.4 Å². The van der Waals surface area contributed by atoms with E-state index in [1.54, 1.807) is 0 Å². The van der Waals surface area contributed by atoms with Gasteiger partial charge in [-0.1, -0.05) is 31.4 Å². The lowest BCUT2D eigenvalue weighted by Gasteiger charge is -2.17. The van der Waals surface area contributed by atoms with Gasteiger partial charge < -0.3 is 4.74 Å². The summed E-state index contributed by atoms with van der Waals surface area (Å²) in [7, 11) is 0. The largest absolute Gasteiger partial charge is 0.489 e. The maximum atomic E-state index is 12.5. The zero-order valence-corrected chi connectivity index (χ0v) is 14.5. The Hall–Kier alpha value is -2.30. The molecule has 1 fully saturated rings. The monoisotopic (exact) mass is 361 g/mol. The van der Waals surface area contributed by atoms with Crippen molar-refractivity contribution in [3.05, 3.63) is 65.2 Å². The van der Waals surface area contributed by atoms with Crippen LogP contribution >= 0.6 is 0 Å². The van der Waals surface area contributed by atoms with Crippen molar-refractivity contribution in [1.29, 1.82) is 0 Å². The molecule has 0 aromatic heterocycles. The van der Waals surface area contributed by atoms with Crippen molar-refractivity contribution in [3.8, 4) is 5.75 Å². The normalized spacial score (nSPS) is 16.1. The number of alkyl halides is 3. The van der Waals surface area contributed by atoms with Gasteiger partial charge in [0.05, 0.1) is 5.56 Å². The van der Waals surface area contributed by atoms with Crippen LogP contribution in [0.4, 0.5) is 13.2 Å². The summed E-state index contributed by atoms with van der Waals surface area (Å²) in [6, 6.07) is 13.1. The summed E-state index contributed by atoms with van der Waals surface area (Å²) in [5.41, 5.74) is 1.07. The van der Waals surface area contributed by atoms with Crippen molar-refractivity contribution in [2.45, 2.75) is 50.9 Å². The number of nitrogens with zero attached hydrogens (tertiary/aromatic N) is 1. The molecule has 0 unspecified atom stereocenters. The topological polar surface area (TPSA) is 21.6 Å². The maximum Gasteiger partial charge on any atom is 0.416 e. The average molecular weight is 361 g/mol. The van der Waals surface area contributed by atoms with Crippen LogP contribution in [0, 0.1) is 0 Å². The molecular weight excluding hydrogens is 339 g/mol. The van der Waals surface area contributed by atoms with Crippen LogP contribution in [-0.2, 0) is 12.8 Å².